The van der Waals surface area contributed by atoms with Crippen molar-refractivity contribution in [1.29, 1.82) is 0 Å². The fourth-order valence-electron chi connectivity index (χ4n) is 5.49. The molecule has 1 aliphatic heterocycles. The van der Waals surface area contributed by atoms with E-state index in [2.05, 4.69) is 4.99 Å². The van der Waals surface area contributed by atoms with Crippen LogP contribution in [0.15, 0.2) is 33.7 Å². The fraction of sp³-hybridized carbons (Fsp3) is 0.353. The number of carbonyl (C=O) groups is 3. The van der Waals surface area contributed by atoms with Crippen LogP contribution < -0.4 is 34.8 Å². The predicted octanol–water partition coefficient (Wildman–Crippen LogP) is 3.93. The quantitative estimate of drug-likeness (QED) is 0.106. The largest absolute Gasteiger partial charge is 0.494 e. The van der Waals surface area contributed by atoms with Crippen LogP contribution in [-0.2, 0) is 14.3 Å². The maximum Gasteiger partial charge on any atom is 0.295 e. The van der Waals surface area contributed by atoms with Gasteiger partial charge in [0.05, 0.1) is 38.6 Å². The molecule has 0 bridgehead atoms. The SMILES string of the molecule is COc1cc(OC)c(F)c(C(=O)c2o/c(=C/N=C(C)N(C(C)=O)c3ccc(N4CCOCC4)cc3[N+](=O)[O-])c(=C(C)C)c2N(C)C(C)=O)c1F. The Balaban J connectivity index is 1.94. The normalized spacial score (nSPS) is 13.6. The van der Waals surface area contributed by atoms with Gasteiger partial charge in [-0.2, -0.15) is 0 Å². The van der Waals surface area contributed by atoms with E-state index >= 15 is 8.78 Å². The Bertz CT molecular complexity index is 1990. The fourth-order valence-corrected chi connectivity index (χ4v) is 5.49. The highest BCUT2D eigenvalue weighted by atomic mass is 19.1. The third-order valence-electron chi connectivity index (χ3n) is 8.00. The van der Waals surface area contributed by atoms with Crippen molar-refractivity contribution in [2.45, 2.75) is 34.6 Å². The Morgan fingerprint density at radius 3 is 2.08 bits per heavy atom. The molecule has 50 heavy (non-hydrogen) atoms. The van der Waals surface area contributed by atoms with Crippen molar-refractivity contribution >= 4 is 58.0 Å². The Morgan fingerprint density at radius 1 is 0.980 bits per heavy atom. The molecule has 1 fully saturated rings. The highest BCUT2D eigenvalue weighted by Crippen LogP contribution is 2.35. The Hall–Kier alpha value is -5.64. The first-order valence-corrected chi connectivity index (χ1v) is 15.3. The number of benzene rings is 2. The number of amides is 2. The summed E-state index contributed by atoms with van der Waals surface area (Å²) in [5.41, 5.74) is -0.521. The summed E-state index contributed by atoms with van der Waals surface area (Å²) in [6.07, 6.45) is 1.15. The van der Waals surface area contributed by atoms with Crippen LogP contribution in [0.5, 0.6) is 11.5 Å². The molecule has 0 spiro atoms. The van der Waals surface area contributed by atoms with Crippen molar-refractivity contribution < 1.29 is 46.7 Å². The number of amidine groups is 1. The molecule has 0 N–H and O–H groups in total. The minimum atomic E-state index is -1.32. The molecule has 1 saturated heterocycles. The minimum Gasteiger partial charge on any atom is -0.494 e. The van der Waals surface area contributed by atoms with Crippen molar-refractivity contribution in [2.24, 2.45) is 4.99 Å². The van der Waals surface area contributed by atoms with Crippen molar-refractivity contribution in [3.63, 3.8) is 0 Å². The van der Waals surface area contributed by atoms with E-state index in [1.165, 1.54) is 40.0 Å². The molecule has 0 aliphatic carbocycles. The summed E-state index contributed by atoms with van der Waals surface area (Å²) >= 11 is 0. The third kappa shape index (κ3) is 7.19. The molecule has 4 rings (SSSR count). The monoisotopic (exact) mass is 697 g/mol. The van der Waals surface area contributed by atoms with Gasteiger partial charge in [0.1, 0.15) is 22.8 Å². The van der Waals surface area contributed by atoms with E-state index in [4.69, 9.17) is 18.6 Å². The zero-order valence-electron chi connectivity index (χ0n) is 28.9. The lowest BCUT2D eigenvalue weighted by molar-refractivity contribution is -0.384. The van der Waals surface area contributed by atoms with Crippen LogP contribution in [0.3, 0.4) is 0 Å². The number of methoxy groups -OCH3 is 2. The van der Waals surface area contributed by atoms with Crippen LogP contribution in [0.1, 0.15) is 50.7 Å². The molecule has 1 aliphatic rings. The third-order valence-corrected chi connectivity index (χ3v) is 8.00. The van der Waals surface area contributed by atoms with Crippen LogP contribution in [0.25, 0.3) is 11.8 Å². The molecule has 2 heterocycles. The summed E-state index contributed by atoms with van der Waals surface area (Å²) in [4.78, 5) is 59.5. The number of rotatable bonds is 9. The van der Waals surface area contributed by atoms with E-state index in [-0.39, 0.29) is 33.5 Å². The highest BCUT2D eigenvalue weighted by molar-refractivity contribution is 6.17. The average Bonchev–Trinajstić information content (AvgIpc) is 3.47. The maximum absolute atomic E-state index is 15.5. The number of hydrogen-bond acceptors (Lipinski definition) is 11. The summed E-state index contributed by atoms with van der Waals surface area (Å²) in [7, 11) is 3.61. The number of halogens is 2. The summed E-state index contributed by atoms with van der Waals surface area (Å²) in [6, 6.07) is 5.43. The van der Waals surface area contributed by atoms with E-state index in [1.54, 1.807) is 19.9 Å². The predicted molar refractivity (Wildman–Crippen MR) is 182 cm³/mol. The lowest BCUT2D eigenvalue weighted by atomic mass is 10.0. The number of ketones is 1. The van der Waals surface area contributed by atoms with Crippen LogP contribution in [-0.4, -0.2) is 75.9 Å². The van der Waals surface area contributed by atoms with Gasteiger partial charge < -0.3 is 28.4 Å². The number of anilines is 3. The number of morpholine rings is 1. The van der Waals surface area contributed by atoms with E-state index in [9.17, 15) is 24.5 Å². The standard InChI is InChI=1S/C34H37F2N5O9/c1-18(2)28-27(50-34(32(28)38(6)20(4)42)33(44)29-30(35)25(47-7)16-26(48-8)31(29)36)17-37-19(3)40(21(5)43)23-10-9-22(15-24(23)41(45)46)39-11-13-49-14-12-39/h9-10,15-17H,11-14H2,1-8H3/b27-17+,37-19?. The zero-order chi connectivity index (χ0) is 37.0. The molecule has 0 saturated carbocycles. The molecule has 1 aromatic heterocycles. The van der Waals surface area contributed by atoms with Crippen LogP contribution in [0, 0.1) is 21.7 Å². The average molecular weight is 698 g/mol. The molecule has 0 atom stereocenters. The van der Waals surface area contributed by atoms with Gasteiger partial charge in [-0.1, -0.05) is 5.57 Å². The summed E-state index contributed by atoms with van der Waals surface area (Å²) in [5, 5.41) is 12.4. The summed E-state index contributed by atoms with van der Waals surface area (Å²) in [6.45, 7) is 9.19. The summed E-state index contributed by atoms with van der Waals surface area (Å²) in [5.74, 6) is -6.57. The molecule has 16 heteroatoms. The first kappa shape index (κ1) is 37.2. The Labute approximate surface area is 286 Å². The van der Waals surface area contributed by atoms with Gasteiger partial charge in [0, 0.05) is 57.0 Å². The van der Waals surface area contributed by atoms with Gasteiger partial charge in [0.25, 0.3) is 5.69 Å². The van der Waals surface area contributed by atoms with Gasteiger partial charge >= 0.3 is 0 Å². The van der Waals surface area contributed by atoms with Gasteiger partial charge in [0.15, 0.2) is 34.3 Å². The van der Waals surface area contributed by atoms with Crippen LogP contribution in [0.2, 0.25) is 0 Å². The number of hydrogen-bond donors (Lipinski definition) is 0. The first-order valence-electron chi connectivity index (χ1n) is 15.3. The smallest absolute Gasteiger partial charge is 0.295 e. The van der Waals surface area contributed by atoms with Crippen LogP contribution in [0.4, 0.5) is 31.5 Å². The molecule has 2 aromatic carbocycles. The van der Waals surface area contributed by atoms with Gasteiger partial charge in [-0.3, -0.25) is 29.4 Å². The second-order valence-corrected chi connectivity index (χ2v) is 11.4. The topological polar surface area (TPSA) is 157 Å². The van der Waals surface area contributed by atoms with E-state index in [1.807, 2.05) is 4.90 Å². The molecular weight excluding hydrogens is 660 g/mol. The lowest BCUT2D eigenvalue weighted by Gasteiger charge is -2.29. The molecule has 3 aromatic rings. The van der Waals surface area contributed by atoms with Crippen molar-refractivity contribution in [1.82, 2.24) is 0 Å². The Kier molecular flexibility index (Phi) is 11.4. The molecule has 0 unspecified atom stereocenters. The second kappa shape index (κ2) is 15.3. The van der Waals surface area contributed by atoms with Gasteiger partial charge in [-0.05, 0) is 32.9 Å². The van der Waals surface area contributed by atoms with Crippen LogP contribution >= 0.6 is 0 Å². The van der Waals surface area contributed by atoms with Gasteiger partial charge in [0.2, 0.25) is 17.6 Å². The highest BCUT2D eigenvalue weighted by Gasteiger charge is 2.33. The first-order chi connectivity index (χ1) is 23.6. The number of nitrogens with zero attached hydrogens (tertiary/aromatic N) is 5. The van der Waals surface area contributed by atoms with E-state index in [0.29, 0.717) is 37.6 Å². The van der Waals surface area contributed by atoms with Crippen molar-refractivity contribution in [3.8, 4) is 11.5 Å². The molecular formula is C34H37F2N5O9. The molecule has 266 valence electrons. The Morgan fingerprint density at radius 2 is 1.58 bits per heavy atom. The van der Waals surface area contributed by atoms with E-state index in [0.717, 1.165) is 36.3 Å². The maximum atomic E-state index is 15.5. The zero-order valence-corrected chi connectivity index (χ0v) is 28.9. The number of nitro groups is 1. The number of furan rings is 1. The second-order valence-electron chi connectivity index (χ2n) is 11.4. The van der Waals surface area contributed by atoms with Crippen molar-refractivity contribution in [3.05, 3.63) is 68.0 Å². The number of carbonyl (C=O) groups excluding carboxylic acids is 3. The van der Waals surface area contributed by atoms with Crippen molar-refractivity contribution in [2.75, 3.05) is 62.3 Å². The number of ether oxygens (including phenoxy) is 3. The molecule has 2 amide bonds. The van der Waals surface area contributed by atoms with E-state index < -0.39 is 57.0 Å². The molecule has 0 radical (unpaired) electrons. The number of aliphatic imine (C=N–C) groups is 1. The minimum absolute atomic E-state index is 0.0141. The lowest BCUT2D eigenvalue weighted by Crippen LogP contribution is -2.36. The van der Waals surface area contributed by atoms with Gasteiger partial charge in [-0.15, -0.1) is 0 Å². The molecule has 14 nitrogen and oxygen atoms in total. The number of nitro benzene ring substituents is 1. The summed E-state index contributed by atoms with van der Waals surface area (Å²) < 4.78 is 52.2. The van der Waals surface area contributed by atoms with Gasteiger partial charge in [-0.25, -0.2) is 13.8 Å².